The van der Waals surface area contributed by atoms with Gasteiger partial charge in [-0.2, -0.15) is 0 Å². The van der Waals surface area contributed by atoms with Crippen molar-refractivity contribution >= 4 is 17.7 Å². The molecular formula is C33H50N4O4. The van der Waals surface area contributed by atoms with Gasteiger partial charge in [0, 0.05) is 44.2 Å². The Bertz CT molecular complexity index is 1050. The second-order valence-corrected chi connectivity index (χ2v) is 13.2. The zero-order valence-corrected chi connectivity index (χ0v) is 25.0. The number of nitrogens with one attached hydrogen (secondary N) is 2. The molecule has 1 aromatic rings. The van der Waals surface area contributed by atoms with E-state index in [4.69, 9.17) is 0 Å². The van der Waals surface area contributed by atoms with Crippen LogP contribution >= 0.6 is 0 Å². The second kappa shape index (κ2) is 13.2. The molecule has 0 unspecified atom stereocenters. The molecule has 2 heterocycles. The van der Waals surface area contributed by atoms with E-state index in [1.165, 1.54) is 19.3 Å². The average molecular weight is 567 g/mol. The lowest BCUT2D eigenvalue weighted by molar-refractivity contribution is -0.163. The van der Waals surface area contributed by atoms with Crippen molar-refractivity contribution in [2.75, 3.05) is 19.6 Å². The number of carbonyl (C=O) groups excluding carboxylic acids is 3. The van der Waals surface area contributed by atoms with Crippen molar-refractivity contribution in [1.82, 2.24) is 20.4 Å². The van der Waals surface area contributed by atoms with E-state index in [9.17, 15) is 19.5 Å². The summed E-state index contributed by atoms with van der Waals surface area (Å²) in [5, 5.41) is 17.4. The molecule has 226 valence electrons. The highest BCUT2D eigenvalue weighted by atomic mass is 16.3. The number of piperidine rings is 1. The van der Waals surface area contributed by atoms with Crippen LogP contribution in [-0.2, 0) is 16.1 Å². The van der Waals surface area contributed by atoms with E-state index in [0.29, 0.717) is 50.3 Å². The van der Waals surface area contributed by atoms with Gasteiger partial charge in [-0.25, -0.2) is 0 Å². The number of nitrogens with zero attached hydrogens (tertiary/aromatic N) is 2. The van der Waals surface area contributed by atoms with E-state index < -0.39 is 17.2 Å². The molecule has 8 heteroatoms. The Morgan fingerprint density at radius 2 is 1.63 bits per heavy atom. The molecular weight excluding hydrogens is 516 g/mol. The van der Waals surface area contributed by atoms with Crippen LogP contribution in [0.2, 0.25) is 0 Å². The highest BCUT2D eigenvalue weighted by Gasteiger charge is 2.54. The molecule has 3 N–H and O–H groups in total. The number of unbranched alkanes of at least 4 members (excludes halogenated alkanes) is 1. The van der Waals surface area contributed by atoms with Gasteiger partial charge in [0.15, 0.2) is 0 Å². The summed E-state index contributed by atoms with van der Waals surface area (Å²) >= 11 is 0. The number of benzene rings is 1. The number of amides is 3. The zero-order chi connectivity index (χ0) is 28.9. The summed E-state index contributed by atoms with van der Waals surface area (Å²) in [6.45, 7) is 4.89. The van der Waals surface area contributed by atoms with Crippen LogP contribution in [0.4, 0.5) is 0 Å². The van der Waals surface area contributed by atoms with Gasteiger partial charge in [0.05, 0.1) is 5.60 Å². The van der Waals surface area contributed by atoms with Gasteiger partial charge in [-0.1, -0.05) is 64.0 Å². The largest absolute Gasteiger partial charge is 0.390 e. The van der Waals surface area contributed by atoms with E-state index in [-0.39, 0.29) is 17.7 Å². The van der Waals surface area contributed by atoms with Gasteiger partial charge in [-0.05, 0) is 62.6 Å². The molecule has 4 aliphatic rings. The summed E-state index contributed by atoms with van der Waals surface area (Å²) < 4.78 is 0. The van der Waals surface area contributed by atoms with Gasteiger partial charge in [0.2, 0.25) is 11.8 Å². The summed E-state index contributed by atoms with van der Waals surface area (Å²) in [6.07, 6.45) is 13.6. The van der Waals surface area contributed by atoms with Crippen LogP contribution in [0.3, 0.4) is 0 Å². The molecule has 1 spiro atoms. The molecule has 0 bridgehead atoms. The summed E-state index contributed by atoms with van der Waals surface area (Å²) in [5.41, 5.74) is 0.175. The number of hydrogen-bond acceptors (Lipinski definition) is 5. The molecule has 2 aliphatic heterocycles. The average Bonchev–Trinajstić information content (AvgIpc) is 2.98. The van der Waals surface area contributed by atoms with Crippen molar-refractivity contribution < 1.29 is 19.5 Å². The van der Waals surface area contributed by atoms with Crippen molar-refractivity contribution in [3.8, 4) is 0 Å². The summed E-state index contributed by atoms with van der Waals surface area (Å²) in [7, 11) is 0. The fourth-order valence-electron chi connectivity index (χ4n) is 7.56. The van der Waals surface area contributed by atoms with E-state index in [1.807, 2.05) is 29.2 Å². The van der Waals surface area contributed by atoms with Gasteiger partial charge in [-0.15, -0.1) is 0 Å². The summed E-state index contributed by atoms with van der Waals surface area (Å²) in [4.78, 5) is 44.4. The maximum atomic E-state index is 13.8. The van der Waals surface area contributed by atoms with Crippen molar-refractivity contribution in [3.63, 3.8) is 0 Å². The fourth-order valence-corrected chi connectivity index (χ4v) is 7.56. The van der Waals surface area contributed by atoms with Gasteiger partial charge in [0.1, 0.15) is 11.6 Å². The lowest BCUT2D eigenvalue weighted by Gasteiger charge is -2.52. The Labute approximate surface area is 245 Å². The highest BCUT2D eigenvalue weighted by Crippen LogP contribution is 2.37. The maximum Gasteiger partial charge on any atom is 0.251 e. The van der Waals surface area contributed by atoms with Gasteiger partial charge >= 0.3 is 0 Å². The smallest absolute Gasteiger partial charge is 0.251 e. The van der Waals surface area contributed by atoms with Crippen LogP contribution in [-0.4, -0.2) is 75.5 Å². The first-order valence-corrected chi connectivity index (χ1v) is 16.3. The molecule has 2 aliphatic carbocycles. The number of rotatable bonds is 9. The highest BCUT2D eigenvalue weighted by molar-refractivity contribution is 6.00. The maximum absolute atomic E-state index is 13.8. The van der Waals surface area contributed by atoms with E-state index in [1.54, 1.807) is 0 Å². The molecule has 0 aromatic heterocycles. The van der Waals surface area contributed by atoms with Gasteiger partial charge in [-0.3, -0.25) is 19.3 Å². The second-order valence-electron chi connectivity index (χ2n) is 13.2. The standard InChI is InChI=1S/C33H50N4O4/c1-2-3-20-37-30(39)28(23-32(41)16-8-5-9-17-32)35-31(40)33(37)18-21-36(22-19-33)24-25-12-14-26(15-13-25)29(38)34-27-10-6-4-7-11-27/h12-15,27-28,41H,2-11,16-24H2,1H3,(H,34,38)(H,35,40)/t28-/m1/s1. The van der Waals surface area contributed by atoms with Crippen molar-refractivity contribution in [2.24, 2.45) is 0 Å². The molecule has 1 aromatic carbocycles. The fraction of sp³-hybridized carbons (Fsp3) is 0.727. The first-order chi connectivity index (χ1) is 19.8. The Morgan fingerprint density at radius 3 is 2.29 bits per heavy atom. The Hall–Kier alpha value is -2.45. The summed E-state index contributed by atoms with van der Waals surface area (Å²) in [5.74, 6) is -0.0596. The molecule has 2 saturated carbocycles. The molecule has 3 amide bonds. The predicted molar refractivity (Wildman–Crippen MR) is 159 cm³/mol. The minimum absolute atomic E-state index is 0.0115. The van der Waals surface area contributed by atoms with Crippen LogP contribution in [0.1, 0.15) is 119 Å². The minimum Gasteiger partial charge on any atom is -0.390 e. The molecule has 41 heavy (non-hydrogen) atoms. The van der Waals surface area contributed by atoms with Crippen molar-refractivity contribution in [2.45, 2.75) is 133 Å². The predicted octanol–water partition coefficient (Wildman–Crippen LogP) is 4.30. The number of aliphatic hydroxyl groups is 1. The van der Waals surface area contributed by atoms with Crippen LogP contribution in [0.15, 0.2) is 24.3 Å². The van der Waals surface area contributed by atoms with Crippen molar-refractivity contribution in [3.05, 3.63) is 35.4 Å². The molecule has 8 nitrogen and oxygen atoms in total. The molecule has 4 fully saturated rings. The topological polar surface area (TPSA) is 102 Å². The zero-order valence-electron chi connectivity index (χ0n) is 25.0. The van der Waals surface area contributed by atoms with E-state index in [2.05, 4.69) is 22.5 Å². The molecule has 5 rings (SSSR count). The third kappa shape index (κ3) is 6.96. The van der Waals surface area contributed by atoms with Crippen molar-refractivity contribution in [1.29, 1.82) is 0 Å². The number of piperazine rings is 1. The first kappa shape index (κ1) is 30.0. The lowest BCUT2D eigenvalue weighted by Crippen LogP contribution is -2.73. The quantitative estimate of drug-likeness (QED) is 0.414. The first-order valence-electron chi connectivity index (χ1n) is 16.3. The van der Waals surface area contributed by atoms with Crippen LogP contribution in [0.25, 0.3) is 0 Å². The van der Waals surface area contributed by atoms with Gasteiger partial charge < -0.3 is 20.6 Å². The third-order valence-corrected chi connectivity index (χ3v) is 10.2. The molecule has 2 saturated heterocycles. The van der Waals surface area contributed by atoms with Gasteiger partial charge in [0.25, 0.3) is 5.91 Å². The Balaban J connectivity index is 1.19. The number of carbonyl (C=O) groups is 3. The minimum atomic E-state index is -0.859. The van der Waals surface area contributed by atoms with Crippen LogP contribution in [0.5, 0.6) is 0 Å². The summed E-state index contributed by atoms with van der Waals surface area (Å²) in [6, 6.07) is 7.55. The SMILES string of the molecule is CCCCN1C(=O)[C@@H](CC2(O)CCCCC2)NC(=O)C12CCN(Cc1ccc(C(=O)NC3CCCCC3)cc1)CC2. The number of hydrogen-bond donors (Lipinski definition) is 3. The number of likely N-dealkylation sites (tertiary alicyclic amines) is 1. The van der Waals surface area contributed by atoms with Crippen LogP contribution in [0, 0.1) is 0 Å². The lowest BCUT2D eigenvalue weighted by atomic mass is 9.77. The van der Waals surface area contributed by atoms with E-state index in [0.717, 1.165) is 70.1 Å². The Kier molecular flexibility index (Phi) is 9.70. The molecule has 0 radical (unpaired) electrons. The third-order valence-electron chi connectivity index (χ3n) is 10.2. The van der Waals surface area contributed by atoms with Crippen LogP contribution < -0.4 is 10.6 Å². The monoisotopic (exact) mass is 566 g/mol. The van der Waals surface area contributed by atoms with E-state index >= 15 is 0 Å². The molecule has 1 atom stereocenters. The normalized spacial score (nSPS) is 25.2. The Morgan fingerprint density at radius 1 is 0.976 bits per heavy atom.